The van der Waals surface area contributed by atoms with Crippen molar-refractivity contribution >= 4 is 28.9 Å². The predicted octanol–water partition coefficient (Wildman–Crippen LogP) is 3.71. The topological polar surface area (TPSA) is 53.8 Å². The molecular weight excluding hydrogens is 434 g/mol. The number of likely N-dealkylation sites (tertiary alicyclic amines) is 1. The minimum atomic E-state index is 0.143. The molecule has 33 heavy (non-hydrogen) atoms. The molecule has 0 saturated carbocycles. The number of piperidine rings is 1. The molecule has 5 rings (SSSR count). The largest absolute Gasteiger partial charge is 0.370 e. The number of hydrogen-bond donors (Lipinski definition) is 0. The Morgan fingerprint density at radius 3 is 2.15 bits per heavy atom. The Labute approximate surface area is 200 Å². The SMILES string of the molecule is CN1CCN(c2ccc(C(=O)N3CCC4(CC3)CN(c3ccc(C#N)c(Cl)c3)C4)cc2)CC1. The number of amides is 1. The maximum absolute atomic E-state index is 13.1. The van der Waals surface area contributed by atoms with Crippen molar-refractivity contribution in [1.82, 2.24) is 9.80 Å². The van der Waals surface area contributed by atoms with Gasteiger partial charge in [-0.15, -0.1) is 0 Å². The number of benzene rings is 2. The lowest BCUT2D eigenvalue weighted by molar-refractivity contribution is 0.0503. The van der Waals surface area contributed by atoms with Crippen molar-refractivity contribution in [2.75, 3.05) is 69.2 Å². The Balaban J connectivity index is 1.14. The van der Waals surface area contributed by atoms with Crippen LogP contribution in [0, 0.1) is 16.7 Å². The number of hydrogen-bond acceptors (Lipinski definition) is 5. The lowest BCUT2D eigenvalue weighted by atomic mass is 9.71. The summed E-state index contributed by atoms with van der Waals surface area (Å²) < 4.78 is 0. The number of carbonyl (C=O) groups is 1. The summed E-state index contributed by atoms with van der Waals surface area (Å²) in [7, 11) is 2.16. The first kappa shape index (κ1) is 22.1. The van der Waals surface area contributed by atoms with Crippen molar-refractivity contribution in [3.05, 3.63) is 58.6 Å². The van der Waals surface area contributed by atoms with Crippen molar-refractivity contribution in [3.8, 4) is 6.07 Å². The number of anilines is 2. The van der Waals surface area contributed by atoms with E-state index in [0.717, 1.165) is 76.5 Å². The summed E-state index contributed by atoms with van der Waals surface area (Å²) >= 11 is 6.21. The molecular formula is C26H30ClN5O. The summed E-state index contributed by atoms with van der Waals surface area (Å²) in [6.45, 7) is 7.79. The van der Waals surface area contributed by atoms with Crippen molar-refractivity contribution in [3.63, 3.8) is 0 Å². The Bertz CT molecular complexity index is 1060. The first-order valence-electron chi connectivity index (χ1n) is 11.7. The van der Waals surface area contributed by atoms with Gasteiger partial charge in [0.15, 0.2) is 0 Å². The second-order valence-electron chi connectivity index (χ2n) is 9.76. The maximum Gasteiger partial charge on any atom is 0.253 e. The lowest BCUT2D eigenvalue weighted by Gasteiger charge is -2.55. The summed E-state index contributed by atoms with van der Waals surface area (Å²) in [6.07, 6.45) is 2.05. The fourth-order valence-corrected chi connectivity index (χ4v) is 5.52. The third kappa shape index (κ3) is 4.40. The van der Waals surface area contributed by atoms with Crippen molar-refractivity contribution in [2.24, 2.45) is 5.41 Å². The van der Waals surface area contributed by atoms with E-state index >= 15 is 0 Å². The van der Waals surface area contributed by atoms with Crippen LogP contribution in [0.5, 0.6) is 0 Å². The average molecular weight is 464 g/mol. The molecule has 3 saturated heterocycles. The molecule has 172 valence electrons. The van der Waals surface area contributed by atoms with Gasteiger partial charge in [0.1, 0.15) is 6.07 Å². The van der Waals surface area contributed by atoms with E-state index in [-0.39, 0.29) is 11.3 Å². The van der Waals surface area contributed by atoms with Crippen molar-refractivity contribution in [1.29, 1.82) is 5.26 Å². The summed E-state index contributed by atoms with van der Waals surface area (Å²) in [4.78, 5) is 22.2. The fourth-order valence-electron chi connectivity index (χ4n) is 5.30. The van der Waals surface area contributed by atoms with Gasteiger partial charge in [-0.05, 0) is 62.4 Å². The third-order valence-corrected chi connectivity index (χ3v) is 7.90. The van der Waals surface area contributed by atoms with Crippen molar-refractivity contribution in [2.45, 2.75) is 12.8 Å². The van der Waals surface area contributed by atoms with Crippen LogP contribution in [0.25, 0.3) is 0 Å². The Hall–Kier alpha value is -2.75. The normalized spacial score (nSPS) is 20.5. The molecule has 1 amide bonds. The van der Waals surface area contributed by atoms with Crippen LogP contribution in [0.4, 0.5) is 11.4 Å². The van der Waals surface area contributed by atoms with Gasteiger partial charge in [-0.2, -0.15) is 5.26 Å². The zero-order chi connectivity index (χ0) is 23.0. The molecule has 0 aliphatic carbocycles. The summed E-state index contributed by atoms with van der Waals surface area (Å²) in [6, 6.07) is 15.9. The molecule has 3 heterocycles. The highest BCUT2D eigenvalue weighted by Gasteiger charge is 2.45. The van der Waals surface area contributed by atoms with Gasteiger partial charge in [0.05, 0.1) is 10.6 Å². The molecule has 0 N–H and O–H groups in total. The van der Waals surface area contributed by atoms with Gasteiger partial charge < -0.3 is 19.6 Å². The number of nitrogens with zero attached hydrogens (tertiary/aromatic N) is 5. The third-order valence-electron chi connectivity index (χ3n) is 7.58. The van der Waals surface area contributed by atoms with Crippen LogP contribution in [-0.4, -0.2) is 75.1 Å². The quantitative estimate of drug-likeness (QED) is 0.694. The van der Waals surface area contributed by atoms with Gasteiger partial charge in [-0.1, -0.05) is 11.6 Å². The van der Waals surface area contributed by atoms with Gasteiger partial charge in [0, 0.05) is 74.7 Å². The minimum absolute atomic E-state index is 0.143. The van der Waals surface area contributed by atoms with E-state index in [1.54, 1.807) is 6.07 Å². The van der Waals surface area contributed by atoms with Crippen LogP contribution in [0.3, 0.4) is 0 Å². The fraction of sp³-hybridized carbons (Fsp3) is 0.462. The monoisotopic (exact) mass is 463 g/mol. The van der Waals surface area contributed by atoms with E-state index in [1.165, 1.54) is 5.69 Å². The molecule has 1 spiro atoms. The van der Waals surface area contributed by atoms with E-state index in [0.29, 0.717) is 10.6 Å². The average Bonchev–Trinajstić information content (AvgIpc) is 2.83. The first-order chi connectivity index (χ1) is 16.0. The second-order valence-corrected chi connectivity index (χ2v) is 10.2. The number of rotatable bonds is 3. The number of carbonyl (C=O) groups excluding carboxylic acids is 1. The van der Waals surface area contributed by atoms with Crippen LogP contribution in [-0.2, 0) is 0 Å². The maximum atomic E-state index is 13.1. The molecule has 0 unspecified atom stereocenters. The minimum Gasteiger partial charge on any atom is -0.370 e. The first-order valence-corrected chi connectivity index (χ1v) is 12.1. The molecule has 2 aromatic rings. The number of likely N-dealkylation sites (N-methyl/N-ethyl adjacent to an activating group) is 1. The van der Waals surface area contributed by atoms with Gasteiger partial charge in [0.25, 0.3) is 5.91 Å². The highest BCUT2D eigenvalue weighted by Crippen LogP contribution is 2.43. The molecule has 3 fully saturated rings. The molecule has 0 radical (unpaired) electrons. The molecule has 6 nitrogen and oxygen atoms in total. The van der Waals surface area contributed by atoms with Gasteiger partial charge in [0.2, 0.25) is 0 Å². The molecule has 0 bridgehead atoms. The lowest BCUT2D eigenvalue weighted by Crippen LogP contribution is -2.61. The predicted molar refractivity (Wildman–Crippen MR) is 132 cm³/mol. The molecule has 0 aromatic heterocycles. The van der Waals surface area contributed by atoms with E-state index in [4.69, 9.17) is 16.9 Å². The zero-order valence-electron chi connectivity index (χ0n) is 19.1. The molecule has 2 aromatic carbocycles. The molecule has 3 aliphatic heterocycles. The highest BCUT2D eigenvalue weighted by molar-refractivity contribution is 6.32. The molecule has 0 atom stereocenters. The van der Waals surface area contributed by atoms with Gasteiger partial charge in [-0.25, -0.2) is 0 Å². The Kier molecular flexibility index (Phi) is 5.94. The van der Waals surface area contributed by atoms with Crippen LogP contribution >= 0.6 is 11.6 Å². The molecule has 3 aliphatic rings. The summed E-state index contributed by atoms with van der Waals surface area (Å²) in [5.74, 6) is 0.143. The number of halogens is 1. The van der Waals surface area contributed by atoms with Gasteiger partial charge in [-0.3, -0.25) is 4.79 Å². The highest BCUT2D eigenvalue weighted by atomic mass is 35.5. The summed E-state index contributed by atoms with van der Waals surface area (Å²) in [5, 5.41) is 9.58. The molecule has 7 heteroatoms. The summed E-state index contributed by atoms with van der Waals surface area (Å²) in [5.41, 5.74) is 3.85. The number of piperazine rings is 1. The Morgan fingerprint density at radius 2 is 1.55 bits per heavy atom. The smallest absolute Gasteiger partial charge is 0.253 e. The van der Waals surface area contributed by atoms with E-state index in [2.05, 4.69) is 39.9 Å². The van der Waals surface area contributed by atoms with E-state index in [9.17, 15) is 4.79 Å². The second kappa shape index (κ2) is 8.89. The zero-order valence-corrected chi connectivity index (χ0v) is 19.9. The van der Waals surface area contributed by atoms with Gasteiger partial charge >= 0.3 is 0 Å². The van der Waals surface area contributed by atoms with Crippen LogP contribution in [0.2, 0.25) is 5.02 Å². The standard InChI is InChI=1S/C26H30ClN5O/c1-29-12-14-30(15-13-29)22-5-2-20(3-6-22)25(33)31-10-8-26(9-11-31)18-32(19-26)23-7-4-21(17-28)24(27)16-23/h2-7,16H,8-15,18-19H2,1H3. The van der Waals surface area contributed by atoms with Crippen LogP contribution < -0.4 is 9.80 Å². The van der Waals surface area contributed by atoms with Crippen LogP contribution in [0.1, 0.15) is 28.8 Å². The van der Waals surface area contributed by atoms with E-state index in [1.807, 2.05) is 29.2 Å². The Morgan fingerprint density at radius 1 is 0.909 bits per heavy atom. The number of nitriles is 1. The van der Waals surface area contributed by atoms with E-state index < -0.39 is 0 Å². The van der Waals surface area contributed by atoms with Crippen LogP contribution in [0.15, 0.2) is 42.5 Å². The van der Waals surface area contributed by atoms with Crippen molar-refractivity contribution < 1.29 is 4.79 Å².